The number of esters is 1. The Morgan fingerprint density at radius 3 is 2.62 bits per heavy atom. The average Bonchev–Trinajstić information content (AvgIpc) is 2.95. The maximum Gasteiger partial charge on any atom is 0.361 e. The van der Waals surface area contributed by atoms with E-state index in [1.165, 1.54) is 0 Å². The predicted molar refractivity (Wildman–Crippen MR) is 91.4 cm³/mol. The molecule has 0 saturated heterocycles. The molecule has 3 aromatic rings. The summed E-state index contributed by atoms with van der Waals surface area (Å²) in [6.45, 7) is 3.97. The van der Waals surface area contributed by atoms with E-state index >= 15 is 0 Å². The van der Waals surface area contributed by atoms with Crippen LogP contribution in [-0.2, 0) is 11.3 Å². The van der Waals surface area contributed by atoms with Crippen LogP contribution >= 0.6 is 11.6 Å². The molecule has 24 heavy (non-hydrogen) atoms. The van der Waals surface area contributed by atoms with Gasteiger partial charge in [-0.3, -0.25) is 0 Å². The highest BCUT2D eigenvalue weighted by molar-refractivity contribution is 6.30. The van der Waals surface area contributed by atoms with Gasteiger partial charge in [0.1, 0.15) is 6.61 Å². The van der Waals surface area contributed by atoms with Crippen molar-refractivity contribution in [3.8, 4) is 5.69 Å². The normalized spacial score (nSPS) is 10.6. The van der Waals surface area contributed by atoms with E-state index in [1.54, 1.807) is 23.7 Å². The lowest BCUT2D eigenvalue weighted by atomic mass is 10.1. The Labute approximate surface area is 144 Å². The number of halogens is 1. The molecule has 0 radical (unpaired) electrons. The van der Waals surface area contributed by atoms with Gasteiger partial charge >= 0.3 is 5.97 Å². The topological polar surface area (TPSA) is 57.0 Å². The Kier molecular flexibility index (Phi) is 4.62. The van der Waals surface area contributed by atoms with Gasteiger partial charge in [-0.15, -0.1) is 5.10 Å². The van der Waals surface area contributed by atoms with Crippen molar-refractivity contribution in [2.24, 2.45) is 0 Å². The number of ether oxygens (including phenoxy) is 1. The van der Waals surface area contributed by atoms with Crippen LogP contribution in [0.1, 0.15) is 27.3 Å². The summed E-state index contributed by atoms with van der Waals surface area (Å²) >= 11 is 5.89. The molecule has 0 amide bonds. The monoisotopic (exact) mass is 341 g/mol. The molecule has 1 heterocycles. The van der Waals surface area contributed by atoms with Gasteiger partial charge in [-0.25, -0.2) is 9.48 Å². The Morgan fingerprint density at radius 2 is 1.92 bits per heavy atom. The third-order valence-electron chi connectivity index (χ3n) is 3.61. The highest BCUT2D eigenvalue weighted by Crippen LogP contribution is 2.16. The minimum absolute atomic E-state index is 0.202. The van der Waals surface area contributed by atoms with Crippen LogP contribution in [-0.4, -0.2) is 21.0 Å². The van der Waals surface area contributed by atoms with Crippen molar-refractivity contribution in [2.45, 2.75) is 20.5 Å². The van der Waals surface area contributed by atoms with Crippen molar-refractivity contribution in [1.82, 2.24) is 15.0 Å². The summed E-state index contributed by atoms with van der Waals surface area (Å²) in [5.74, 6) is -0.491. The van der Waals surface area contributed by atoms with Gasteiger partial charge in [-0.1, -0.05) is 46.6 Å². The first kappa shape index (κ1) is 16.2. The highest BCUT2D eigenvalue weighted by atomic mass is 35.5. The number of rotatable bonds is 4. The number of carbonyl (C=O) groups is 1. The van der Waals surface area contributed by atoms with Crippen molar-refractivity contribution in [3.05, 3.63) is 76.1 Å². The van der Waals surface area contributed by atoms with Crippen molar-refractivity contribution < 1.29 is 9.53 Å². The molecule has 0 aliphatic rings. The van der Waals surface area contributed by atoms with Crippen LogP contribution in [0.15, 0.2) is 48.5 Å². The lowest BCUT2D eigenvalue weighted by Gasteiger charge is -2.05. The molecule has 0 aliphatic heterocycles. The quantitative estimate of drug-likeness (QED) is 0.675. The molecule has 0 fully saturated rings. The van der Waals surface area contributed by atoms with Crippen LogP contribution in [0.2, 0.25) is 5.02 Å². The van der Waals surface area contributed by atoms with E-state index < -0.39 is 5.97 Å². The average molecular weight is 342 g/mol. The van der Waals surface area contributed by atoms with E-state index in [-0.39, 0.29) is 12.3 Å². The van der Waals surface area contributed by atoms with Gasteiger partial charge in [0, 0.05) is 5.02 Å². The molecule has 122 valence electrons. The fraction of sp³-hybridized carbons (Fsp3) is 0.167. The minimum Gasteiger partial charge on any atom is -0.456 e. The zero-order chi connectivity index (χ0) is 17.1. The molecule has 0 unspecified atom stereocenters. The summed E-state index contributed by atoms with van der Waals surface area (Å²) in [6.07, 6.45) is 0. The van der Waals surface area contributed by atoms with E-state index in [4.69, 9.17) is 16.3 Å². The molecule has 0 bridgehead atoms. The number of carbonyl (C=O) groups excluding carboxylic acids is 1. The van der Waals surface area contributed by atoms with Gasteiger partial charge in [0.2, 0.25) is 0 Å². The van der Waals surface area contributed by atoms with Crippen LogP contribution in [0.25, 0.3) is 5.69 Å². The summed E-state index contributed by atoms with van der Waals surface area (Å²) in [7, 11) is 0. The van der Waals surface area contributed by atoms with Crippen LogP contribution in [0.4, 0.5) is 0 Å². The van der Waals surface area contributed by atoms with Gasteiger partial charge in [-0.05, 0) is 43.7 Å². The molecule has 0 aliphatic carbocycles. The largest absolute Gasteiger partial charge is 0.456 e. The van der Waals surface area contributed by atoms with E-state index in [0.29, 0.717) is 10.7 Å². The molecule has 1 aromatic heterocycles. The molecule has 3 rings (SSSR count). The lowest BCUT2D eigenvalue weighted by Crippen LogP contribution is -2.08. The molecular weight excluding hydrogens is 326 g/mol. The van der Waals surface area contributed by atoms with Crippen molar-refractivity contribution >= 4 is 17.6 Å². The molecule has 0 atom stereocenters. The standard InChI is InChI=1S/C18H16ClN3O2/c1-12-4-3-5-14(10-12)11-24-18(23)17-13(2)22(21-20-17)16-8-6-15(19)7-9-16/h3-10H,11H2,1-2H3. The lowest BCUT2D eigenvalue weighted by molar-refractivity contribution is 0.0464. The zero-order valence-electron chi connectivity index (χ0n) is 13.4. The highest BCUT2D eigenvalue weighted by Gasteiger charge is 2.18. The van der Waals surface area contributed by atoms with Crippen LogP contribution < -0.4 is 0 Å². The number of hydrogen-bond acceptors (Lipinski definition) is 4. The number of hydrogen-bond donors (Lipinski definition) is 0. The first-order valence-corrected chi connectivity index (χ1v) is 7.83. The second-order valence-electron chi connectivity index (χ2n) is 5.48. The fourth-order valence-corrected chi connectivity index (χ4v) is 2.49. The first-order chi connectivity index (χ1) is 11.5. The molecule has 0 spiro atoms. The molecular formula is C18H16ClN3O2. The van der Waals surface area contributed by atoms with E-state index in [0.717, 1.165) is 16.8 Å². The second kappa shape index (κ2) is 6.84. The molecule has 5 nitrogen and oxygen atoms in total. The third kappa shape index (κ3) is 3.46. The summed E-state index contributed by atoms with van der Waals surface area (Å²) in [5.41, 5.74) is 3.66. The second-order valence-corrected chi connectivity index (χ2v) is 5.91. The van der Waals surface area contributed by atoms with Gasteiger partial charge in [0.25, 0.3) is 0 Å². The van der Waals surface area contributed by atoms with E-state index in [9.17, 15) is 4.79 Å². The Hall–Kier alpha value is -2.66. The molecule has 0 saturated carbocycles. The van der Waals surface area contributed by atoms with Gasteiger partial charge in [0.05, 0.1) is 11.4 Å². The van der Waals surface area contributed by atoms with Crippen molar-refractivity contribution in [3.63, 3.8) is 0 Å². The fourth-order valence-electron chi connectivity index (χ4n) is 2.36. The summed E-state index contributed by atoms with van der Waals surface area (Å²) in [6, 6.07) is 15.0. The van der Waals surface area contributed by atoms with Crippen LogP contribution in [0, 0.1) is 13.8 Å². The number of nitrogens with zero attached hydrogens (tertiary/aromatic N) is 3. The van der Waals surface area contributed by atoms with E-state index in [1.807, 2.05) is 43.3 Å². The third-order valence-corrected chi connectivity index (χ3v) is 3.86. The van der Waals surface area contributed by atoms with Crippen molar-refractivity contribution in [2.75, 3.05) is 0 Å². The molecule has 2 aromatic carbocycles. The van der Waals surface area contributed by atoms with Crippen LogP contribution in [0.5, 0.6) is 0 Å². The Morgan fingerprint density at radius 1 is 1.17 bits per heavy atom. The summed E-state index contributed by atoms with van der Waals surface area (Å²) in [4.78, 5) is 12.3. The molecule has 0 N–H and O–H groups in total. The summed E-state index contributed by atoms with van der Waals surface area (Å²) in [5, 5.41) is 8.61. The maximum atomic E-state index is 12.3. The van der Waals surface area contributed by atoms with Gasteiger partial charge in [0.15, 0.2) is 5.69 Å². The zero-order valence-corrected chi connectivity index (χ0v) is 14.1. The number of aromatic nitrogens is 3. The summed E-state index contributed by atoms with van der Waals surface area (Å²) < 4.78 is 6.93. The Balaban J connectivity index is 1.75. The molecule has 6 heteroatoms. The van der Waals surface area contributed by atoms with Gasteiger partial charge < -0.3 is 4.74 Å². The van der Waals surface area contributed by atoms with Gasteiger partial charge in [-0.2, -0.15) is 0 Å². The smallest absolute Gasteiger partial charge is 0.361 e. The maximum absolute atomic E-state index is 12.3. The number of benzene rings is 2. The number of aryl methyl sites for hydroxylation is 1. The first-order valence-electron chi connectivity index (χ1n) is 7.45. The Bertz CT molecular complexity index is 872. The van der Waals surface area contributed by atoms with Crippen LogP contribution in [0.3, 0.4) is 0 Å². The minimum atomic E-state index is -0.491. The SMILES string of the molecule is Cc1cccc(COC(=O)c2nnn(-c3ccc(Cl)cc3)c2C)c1. The van der Waals surface area contributed by atoms with Crippen molar-refractivity contribution in [1.29, 1.82) is 0 Å². The van der Waals surface area contributed by atoms with E-state index in [2.05, 4.69) is 10.3 Å². The predicted octanol–water partition coefficient (Wildman–Crippen LogP) is 3.89.